The molecular weight excluding hydrogens is 309 g/mol. The van der Waals surface area contributed by atoms with E-state index in [1.165, 1.54) is 0 Å². The van der Waals surface area contributed by atoms with Gasteiger partial charge >= 0.3 is 6.09 Å². The molecule has 0 fully saturated rings. The number of anilines is 1. The molecule has 0 bridgehead atoms. The van der Waals surface area contributed by atoms with Gasteiger partial charge in [0.15, 0.2) is 5.82 Å². The predicted octanol–water partition coefficient (Wildman–Crippen LogP) is 4.40. The van der Waals surface area contributed by atoms with E-state index in [2.05, 4.69) is 15.2 Å². The number of carbonyl (C=O) groups is 1. The Morgan fingerprint density at radius 2 is 2.14 bits per heavy atom. The first kappa shape index (κ1) is 14.3. The van der Waals surface area contributed by atoms with Crippen LogP contribution in [0.25, 0.3) is 16.8 Å². The van der Waals surface area contributed by atoms with Crippen LogP contribution in [0.1, 0.15) is 5.56 Å². The molecule has 3 rings (SSSR count). The van der Waals surface area contributed by atoms with Crippen LogP contribution in [0.4, 0.5) is 15.1 Å². The molecule has 3 aromatic rings. The van der Waals surface area contributed by atoms with Gasteiger partial charge in [0, 0.05) is 15.7 Å². The minimum absolute atomic E-state index is 0.197. The highest BCUT2D eigenvalue weighted by Crippen LogP contribution is 2.28. The third kappa shape index (κ3) is 2.60. The van der Waals surface area contributed by atoms with E-state index < -0.39 is 6.09 Å². The van der Waals surface area contributed by atoms with Crippen LogP contribution in [0.3, 0.4) is 0 Å². The number of rotatable bonds is 2. The summed E-state index contributed by atoms with van der Waals surface area (Å²) in [5.41, 5.74) is 3.53. The molecule has 0 atom stereocenters. The van der Waals surface area contributed by atoms with E-state index in [1.807, 2.05) is 37.4 Å². The maximum absolute atomic E-state index is 11.7. The first-order chi connectivity index (χ1) is 10.6. The fourth-order valence-electron chi connectivity index (χ4n) is 2.26. The molecule has 2 aromatic heterocycles. The minimum atomic E-state index is -1.21. The third-order valence-corrected chi connectivity index (χ3v) is 3.74. The van der Waals surface area contributed by atoms with E-state index in [-0.39, 0.29) is 5.82 Å². The molecule has 0 spiro atoms. The second-order valence-electron chi connectivity index (χ2n) is 4.71. The molecule has 0 aliphatic carbocycles. The number of benzene rings is 1. The van der Waals surface area contributed by atoms with Gasteiger partial charge in [0.1, 0.15) is 5.65 Å². The molecule has 112 valence electrons. The van der Waals surface area contributed by atoms with Crippen molar-refractivity contribution in [1.82, 2.24) is 9.38 Å². The summed E-state index contributed by atoms with van der Waals surface area (Å²) in [6.45, 7) is 1.94. The summed E-state index contributed by atoms with van der Waals surface area (Å²) in [4.78, 5) is 18.0. The van der Waals surface area contributed by atoms with Gasteiger partial charge in [-0.2, -0.15) is 0 Å². The highest BCUT2D eigenvalue weighted by molar-refractivity contribution is 6.31. The first-order valence-corrected chi connectivity index (χ1v) is 6.80. The zero-order valence-electron chi connectivity index (χ0n) is 11.5. The first-order valence-electron chi connectivity index (χ1n) is 6.42. The molecule has 1 aromatic carbocycles. The topological polar surface area (TPSA) is 55.6 Å². The quantitative estimate of drug-likeness (QED) is 0.762. The zero-order chi connectivity index (χ0) is 15.7. The van der Waals surface area contributed by atoms with Crippen molar-refractivity contribution in [2.24, 2.45) is 0 Å². The zero-order valence-corrected chi connectivity index (χ0v) is 12.3. The van der Waals surface area contributed by atoms with Gasteiger partial charge in [-0.05, 0) is 41.8 Å². The van der Waals surface area contributed by atoms with Gasteiger partial charge < -0.3 is 4.40 Å². The van der Waals surface area contributed by atoms with Crippen LogP contribution in [0.15, 0.2) is 42.7 Å². The number of nitrogens with zero attached hydrogens (tertiary/aromatic N) is 2. The van der Waals surface area contributed by atoms with Crippen molar-refractivity contribution >= 4 is 29.2 Å². The number of fused-ring (bicyclic) bond motifs is 1. The number of nitrogens with one attached hydrogen (secondary N) is 1. The maximum atomic E-state index is 11.7. The second kappa shape index (κ2) is 5.65. The number of hydrogen-bond acceptors (Lipinski definition) is 3. The van der Waals surface area contributed by atoms with Crippen molar-refractivity contribution in [3.8, 4) is 11.1 Å². The lowest BCUT2D eigenvalue weighted by Gasteiger charge is -2.08. The Labute approximate surface area is 130 Å². The Kier molecular flexibility index (Phi) is 3.68. The van der Waals surface area contributed by atoms with Crippen molar-refractivity contribution in [1.29, 1.82) is 0 Å². The molecule has 0 aliphatic heterocycles. The number of carbonyl (C=O) groups excluding carboxylic acids is 1. The fraction of sp³-hybridized carbons (Fsp3) is 0.0667. The van der Waals surface area contributed by atoms with Crippen LogP contribution < -0.4 is 5.32 Å². The second-order valence-corrected chi connectivity index (χ2v) is 5.12. The SMILES string of the molecule is Cc1c(Cl)cccc1-c1ccc2nc(NC(=O)OF)cn2c1. The smallest absolute Gasteiger partial charge is 0.304 e. The summed E-state index contributed by atoms with van der Waals surface area (Å²) in [6.07, 6.45) is 2.21. The predicted molar refractivity (Wildman–Crippen MR) is 81.6 cm³/mol. The number of pyridine rings is 1. The molecule has 0 saturated carbocycles. The Morgan fingerprint density at radius 1 is 1.32 bits per heavy atom. The largest absolute Gasteiger partial charge is 0.450 e. The molecule has 2 heterocycles. The van der Waals surface area contributed by atoms with Gasteiger partial charge in [0.25, 0.3) is 0 Å². The lowest BCUT2D eigenvalue weighted by atomic mass is 10.0. The Hall–Kier alpha value is -2.60. The Bertz CT molecular complexity index is 863. The highest BCUT2D eigenvalue weighted by Gasteiger charge is 2.09. The van der Waals surface area contributed by atoms with Gasteiger partial charge in [-0.3, -0.25) is 5.32 Å². The van der Waals surface area contributed by atoms with E-state index in [4.69, 9.17) is 11.6 Å². The number of hydrogen-bond donors (Lipinski definition) is 1. The molecule has 0 saturated heterocycles. The van der Waals surface area contributed by atoms with Crippen LogP contribution in [0.2, 0.25) is 5.02 Å². The fourth-order valence-corrected chi connectivity index (χ4v) is 2.43. The summed E-state index contributed by atoms with van der Waals surface area (Å²) in [6, 6.07) is 9.38. The number of aromatic nitrogens is 2. The van der Waals surface area contributed by atoms with Gasteiger partial charge in [-0.25, -0.2) is 14.7 Å². The highest BCUT2D eigenvalue weighted by atomic mass is 35.5. The molecule has 0 aliphatic rings. The van der Waals surface area contributed by atoms with Gasteiger partial charge in [0.05, 0.1) is 6.20 Å². The van der Waals surface area contributed by atoms with Crippen molar-refractivity contribution in [2.45, 2.75) is 6.92 Å². The van der Waals surface area contributed by atoms with Gasteiger partial charge in [-0.1, -0.05) is 23.7 Å². The molecular formula is C15H11ClFN3O2. The Morgan fingerprint density at radius 3 is 2.91 bits per heavy atom. The summed E-state index contributed by atoms with van der Waals surface area (Å²) in [5.74, 6) is 0.197. The lowest BCUT2D eigenvalue weighted by Crippen LogP contribution is -2.09. The number of imidazole rings is 1. The average molecular weight is 320 g/mol. The van der Waals surface area contributed by atoms with E-state index in [0.29, 0.717) is 10.7 Å². The average Bonchev–Trinajstić information content (AvgIpc) is 2.91. The van der Waals surface area contributed by atoms with Crippen LogP contribution in [-0.4, -0.2) is 15.5 Å². The summed E-state index contributed by atoms with van der Waals surface area (Å²) in [5, 5.41) is 2.86. The van der Waals surface area contributed by atoms with Crippen molar-refractivity contribution in [2.75, 3.05) is 5.32 Å². The van der Waals surface area contributed by atoms with Crippen LogP contribution >= 0.6 is 11.6 Å². The van der Waals surface area contributed by atoms with Gasteiger partial charge in [0.2, 0.25) is 0 Å². The summed E-state index contributed by atoms with van der Waals surface area (Å²) in [7, 11) is 0. The normalized spacial score (nSPS) is 10.7. The number of amides is 1. The van der Waals surface area contributed by atoms with Crippen molar-refractivity contribution < 1.29 is 14.3 Å². The molecule has 22 heavy (non-hydrogen) atoms. The number of halogens is 2. The molecule has 1 amide bonds. The van der Waals surface area contributed by atoms with Crippen molar-refractivity contribution in [3.63, 3.8) is 0 Å². The Balaban J connectivity index is 2.02. The molecule has 7 heteroatoms. The third-order valence-electron chi connectivity index (χ3n) is 3.33. The lowest BCUT2D eigenvalue weighted by molar-refractivity contribution is -0.0544. The van der Waals surface area contributed by atoms with Crippen LogP contribution in [-0.2, 0) is 4.94 Å². The van der Waals surface area contributed by atoms with Crippen molar-refractivity contribution in [3.05, 3.63) is 53.3 Å². The van der Waals surface area contributed by atoms with E-state index >= 15 is 0 Å². The van der Waals surface area contributed by atoms with E-state index in [1.54, 1.807) is 16.7 Å². The van der Waals surface area contributed by atoms with Gasteiger partial charge in [-0.15, -0.1) is 0 Å². The van der Waals surface area contributed by atoms with E-state index in [0.717, 1.165) is 16.7 Å². The molecule has 0 radical (unpaired) electrons. The van der Waals surface area contributed by atoms with Crippen LogP contribution in [0.5, 0.6) is 0 Å². The molecule has 0 unspecified atom stereocenters. The molecule has 1 N–H and O–H groups in total. The summed E-state index contributed by atoms with van der Waals surface area (Å²) >= 11 is 6.14. The standard InChI is InChI=1S/C15H11ClFN3O2/c1-9-11(3-2-4-12(9)16)10-5-6-14-18-13(8-20(14)7-10)19-15(21)22-17/h2-8H,1H3,(H,19,21). The van der Waals surface area contributed by atoms with Crippen LogP contribution in [0, 0.1) is 6.92 Å². The van der Waals surface area contributed by atoms with E-state index in [9.17, 15) is 9.32 Å². The monoisotopic (exact) mass is 319 g/mol. The maximum Gasteiger partial charge on any atom is 0.450 e. The minimum Gasteiger partial charge on any atom is -0.304 e. The molecule has 5 nitrogen and oxygen atoms in total. The summed E-state index contributed by atoms with van der Waals surface area (Å²) < 4.78 is 13.5.